The fourth-order valence-corrected chi connectivity index (χ4v) is 1.13. The van der Waals surface area contributed by atoms with Crippen molar-refractivity contribution in [3.63, 3.8) is 0 Å². The van der Waals surface area contributed by atoms with Crippen LogP contribution < -0.4 is 11.1 Å². The monoisotopic (exact) mass is 150 g/mol. The van der Waals surface area contributed by atoms with Crippen LogP contribution in [0.25, 0.3) is 0 Å². The standard InChI is InChI=1S/C6H14N2.ClH/c7-5-6-3-1-2-4-8-6;/h6,8H,1-5,7H2;1H. The van der Waals surface area contributed by atoms with E-state index < -0.39 is 0 Å². The molecule has 3 heteroatoms. The zero-order valence-corrected chi connectivity index (χ0v) is 6.41. The van der Waals surface area contributed by atoms with Gasteiger partial charge in [0, 0.05) is 12.6 Å². The number of hydrogen-bond donors (Lipinski definition) is 2. The van der Waals surface area contributed by atoms with Gasteiger partial charge in [-0.2, -0.15) is 0 Å². The van der Waals surface area contributed by atoms with Gasteiger partial charge in [-0.05, 0) is 19.4 Å². The summed E-state index contributed by atoms with van der Waals surface area (Å²) in [7, 11) is 0. The predicted octanol–water partition coefficient (Wildman–Crippen LogP) is 0.509. The second-order valence-corrected chi connectivity index (χ2v) is 2.38. The van der Waals surface area contributed by atoms with Gasteiger partial charge in [0.25, 0.3) is 0 Å². The van der Waals surface area contributed by atoms with Crippen molar-refractivity contribution in [3.05, 3.63) is 0 Å². The molecule has 3 N–H and O–H groups in total. The highest BCUT2D eigenvalue weighted by atomic mass is 35.5. The molecule has 2 nitrogen and oxygen atoms in total. The molecular formula is C6H15ClN2. The minimum absolute atomic E-state index is 0. The van der Waals surface area contributed by atoms with Gasteiger partial charge < -0.3 is 11.1 Å². The number of nitrogens with two attached hydrogens (primary N) is 1. The quantitative estimate of drug-likeness (QED) is 0.572. The number of piperidine rings is 1. The SMILES string of the molecule is Cl.NCC1CCCCN1. The smallest absolute Gasteiger partial charge is 0.0190 e. The maximum Gasteiger partial charge on any atom is 0.0190 e. The zero-order valence-electron chi connectivity index (χ0n) is 5.60. The Morgan fingerprint density at radius 3 is 2.56 bits per heavy atom. The Labute approximate surface area is 62.6 Å². The Hall–Kier alpha value is 0.210. The van der Waals surface area contributed by atoms with Crippen molar-refractivity contribution in [1.82, 2.24) is 5.32 Å². The van der Waals surface area contributed by atoms with E-state index in [0.717, 1.165) is 6.54 Å². The minimum atomic E-state index is 0. The third-order valence-corrected chi connectivity index (χ3v) is 1.70. The fourth-order valence-electron chi connectivity index (χ4n) is 1.13. The third kappa shape index (κ3) is 3.04. The maximum atomic E-state index is 5.44. The molecule has 0 aromatic carbocycles. The van der Waals surface area contributed by atoms with E-state index in [1.54, 1.807) is 0 Å². The molecule has 0 aromatic rings. The number of nitrogens with one attached hydrogen (secondary N) is 1. The highest BCUT2D eigenvalue weighted by Gasteiger charge is 2.08. The highest BCUT2D eigenvalue weighted by molar-refractivity contribution is 5.85. The van der Waals surface area contributed by atoms with Gasteiger partial charge in [-0.3, -0.25) is 0 Å². The highest BCUT2D eigenvalue weighted by Crippen LogP contribution is 2.04. The Bertz CT molecular complexity index is 62.1. The van der Waals surface area contributed by atoms with Crippen LogP contribution in [-0.4, -0.2) is 19.1 Å². The summed E-state index contributed by atoms with van der Waals surface area (Å²) >= 11 is 0. The van der Waals surface area contributed by atoms with Crippen LogP contribution in [0.3, 0.4) is 0 Å². The molecule has 0 amide bonds. The van der Waals surface area contributed by atoms with E-state index >= 15 is 0 Å². The minimum Gasteiger partial charge on any atom is -0.329 e. The van der Waals surface area contributed by atoms with E-state index in [1.807, 2.05) is 0 Å². The molecule has 0 aromatic heterocycles. The lowest BCUT2D eigenvalue weighted by molar-refractivity contribution is 0.407. The Morgan fingerprint density at radius 1 is 1.44 bits per heavy atom. The topological polar surface area (TPSA) is 38.0 Å². The molecule has 1 unspecified atom stereocenters. The molecule has 0 saturated carbocycles. The molecule has 1 heterocycles. The third-order valence-electron chi connectivity index (χ3n) is 1.70. The van der Waals surface area contributed by atoms with E-state index in [2.05, 4.69) is 5.32 Å². The maximum absolute atomic E-state index is 5.44. The van der Waals surface area contributed by atoms with Crippen molar-refractivity contribution < 1.29 is 0 Å². The van der Waals surface area contributed by atoms with Crippen LogP contribution >= 0.6 is 12.4 Å². The molecule has 1 aliphatic heterocycles. The van der Waals surface area contributed by atoms with Gasteiger partial charge in [0.05, 0.1) is 0 Å². The summed E-state index contributed by atoms with van der Waals surface area (Å²) in [6.07, 6.45) is 3.96. The van der Waals surface area contributed by atoms with Crippen molar-refractivity contribution in [3.8, 4) is 0 Å². The van der Waals surface area contributed by atoms with Crippen molar-refractivity contribution in [2.45, 2.75) is 25.3 Å². The van der Waals surface area contributed by atoms with Crippen LogP contribution in [0, 0.1) is 0 Å². The molecule has 0 radical (unpaired) electrons. The molecule has 9 heavy (non-hydrogen) atoms. The van der Waals surface area contributed by atoms with Gasteiger partial charge in [0.2, 0.25) is 0 Å². The first-order chi connectivity index (χ1) is 3.93. The first-order valence-corrected chi connectivity index (χ1v) is 3.37. The normalized spacial score (nSPS) is 27.0. The Morgan fingerprint density at radius 2 is 2.22 bits per heavy atom. The number of halogens is 1. The first kappa shape index (κ1) is 9.21. The predicted molar refractivity (Wildman–Crippen MR) is 41.9 cm³/mol. The molecule has 1 aliphatic rings. The summed E-state index contributed by atoms with van der Waals surface area (Å²) in [5, 5.41) is 3.34. The van der Waals surface area contributed by atoms with E-state index in [-0.39, 0.29) is 12.4 Å². The lowest BCUT2D eigenvalue weighted by atomic mass is 10.1. The van der Waals surface area contributed by atoms with Gasteiger partial charge in [-0.1, -0.05) is 6.42 Å². The van der Waals surface area contributed by atoms with Gasteiger partial charge in [0.1, 0.15) is 0 Å². The van der Waals surface area contributed by atoms with Crippen LogP contribution in [-0.2, 0) is 0 Å². The lowest BCUT2D eigenvalue weighted by Gasteiger charge is -2.21. The van der Waals surface area contributed by atoms with E-state index in [0.29, 0.717) is 6.04 Å². The summed E-state index contributed by atoms with van der Waals surface area (Å²) in [6, 6.07) is 0.615. The van der Waals surface area contributed by atoms with Crippen LogP contribution in [0.2, 0.25) is 0 Å². The molecule has 1 rings (SSSR count). The van der Waals surface area contributed by atoms with Crippen LogP contribution in [0.15, 0.2) is 0 Å². The van der Waals surface area contributed by atoms with Gasteiger partial charge in [0.15, 0.2) is 0 Å². The lowest BCUT2D eigenvalue weighted by Crippen LogP contribution is -2.39. The van der Waals surface area contributed by atoms with Crippen LogP contribution in [0.4, 0.5) is 0 Å². The molecule has 56 valence electrons. The van der Waals surface area contributed by atoms with Gasteiger partial charge in [-0.15, -0.1) is 12.4 Å². The Kier molecular flexibility index (Phi) is 5.15. The largest absolute Gasteiger partial charge is 0.329 e. The average Bonchev–Trinajstić information content (AvgIpc) is 1.90. The second-order valence-electron chi connectivity index (χ2n) is 2.38. The van der Waals surface area contributed by atoms with Gasteiger partial charge in [-0.25, -0.2) is 0 Å². The van der Waals surface area contributed by atoms with E-state index in [1.165, 1.54) is 25.8 Å². The number of rotatable bonds is 1. The van der Waals surface area contributed by atoms with E-state index in [9.17, 15) is 0 Å². The molecular weight excluding hydrogens is 136 g/mol. The van der Waals surface area contributed by atoms with Crippen LogP contribution in [0.5, 0.6) is 0 Å². The molecule has 1 saturated heterocycles. The van der Waals surface area contributed by atoms with E-state index in [4.69, 9.17) is 5.73 Å². The first-order valence-electron chi connectivity index (χ1n) is 3.37. The second kappa shape index (κ2) is 5.03. The number of hydrogen-bond acceptors (Lipinski definition) is 2. The zero-order chi connectivity index (χ0) is 5.82. The summed E-state index contributed by atoms with van der Waals surface area (Å²) in [5.74, 6) is 0. The average molecular weight is 151 g/mol. The summed E-state index contributed by atoms with van der Waals surface area (Å²) < 4.78 is 0. The fraction of sp³-hybridized carbons (Fsp3) is 1.00. The molecule has 1 atom stereocenters. The van der Waals surface area contributed by atoms with Crippen molar-refractivity contribution in [2.24, 2.45) is 5.73 Å². The Balaban J connectivity index is 0.000000640. The van der Waals surface area contributed by atoms with Crippen molar-refractivity contribution >= 4 is 12.4 Å². The summed E-state index contributed by atoms with van der Waals surface area (Å²) in [5.41, 5.74) is 5.44. The van der Waals surface area contributed by atoms with Gasteiger partial charge >= 0.3 is 0 Å². The van der Waals surface area contributed by atoms with Crippen molar-refractivity contribution in [1.29, 1.82) is 0 Å². The molecule has 0 bridgehead atoms. The molecule has 0 spiro atoms. The summed E-state index contributed by atoms with van der Waals surface area (Å²) in [4.78, 5) is 0. The van der Waals surface area contributed by atoms with Crippen LogP contribution in [0.1, 0.15) is 19.3 Å². The summed E-state index contributed by atoms with van der Waals surface area (Å²) in [6.45, 7) is 1.97. The molecule has 1 fully saturated rings. The molecule has 0 aliphatic carbocycles. The van der Waals surface area contributed by atoms with Crippen molar-refractivity contribution in [2.75, 3.05) is 13.1 Å².